The van der Waals surface area contributed by atoms with Crippen LogP contribution in [0, 0.1) is 5.92 Å². The van der Waals surface area contributed by atoms with Gasteiger partial charge in [0.25, 0.3) is 0 Å². The summed E-state index contributed by atoms with van der Waals surface area (Å²) in [4.78, 5) is 11.6. The molecule has 0 saturated heterocycles. The monoisotopic (exact) mass is 288 g/mol. The van der Waals surface area contributed by atoms with Crippen LogP contribution in [0.3, 0.4) is 0 Å². The summed E-state index contributed by atoms with van der Waals surface area (Å²) in [6, 6.07) is 10.8. The molecule has 104 valence electrons. The number of phenols is 1. The van der Waals surface area contributed by atoms with E-state index in [-0.39, 0.29) is 22.7 Å². The fraction of sp³-hybridized carbons (Fsp3) is 0.200. The molecule has 0 fully saturated rings. The molecule has 0 heterocycles. The largest absolute Gasteiger partial charge is 0.507 e. The molecule has 0 saturated carbocycles. The van der Waals surface area contributed by atoms with E-state index in [1.54, 1.807) is 26.0 Å². The van der Waals surface area contributed by atoms with Crippen LogP contribution in [0.15, 0.2) is 36.4 Å². The van der Waals surface area contributed by atoms with Gasteiger partial charge >= 0.3 is 0 Å². The number of hydrogen-bond donors (Lipinski definition) is 3. The first-order chi connectivity index (χ1) is 9.49. The highest BCUT2D eigenvalue weighted by Gasteiger charge is 2.10. The van der Waals surface area contributed by atoms with Gasteiger partial charge in [0.1, 0.15) is 5.75 Å². The molecule has 3 N–H and O–H groups in total. The van der Waals surface area contributed by atoms with Crippen molar-refractivity contribution in [3.63, 3.8) is 0 Å². The number of aromatic hydroxyl groups is 1. The molecular weight excluding hydrogens is 272 g/mol. The predicted octanol–water partition coefficient (Wildman–Crippen LogP) is 3.01. The standard InChI is InChI=1S/C15H16N2O2S/c1-9(2)14(19)17-15(20)16-12-7-3-6-11-10(12)5-4-8-13(11)18/h3-9,18H,1-2H3,(H2,16,17,19,20). The molecule has 0 aliphatic heterocycles. The molecule has 4 nitrogen and oxygen atoms in total. The summed E-state index contributed by atoms with van der Waals surface area (Å²) in [5.41, 5.74) is 0.743. The number of carbonyl (C=O) groups excluding carboxylic acids is 1. The number of benzene rings is 2. The fourth-order valence-electron chi connectivity index (χ4n) is 1.81. The van der Waals surface area contributed by atoms with E-state index in [4.69, 9.17) is 12.2 Å². The Labute approximate surface area is 122 Å². The van der Waals surface area contributed by atoms with Crippen molar-refractivity contribution in [1.29, 1.82) is 0 Å². The Bertz CT molecular complexity index is 668. The molecule has 2 aromatic carbocycles. The van der Waals surface area contributed by atoms with Crippen LogP contribution in [0.5, 0.6) is 5.75 Å². The molecule has 0 unspecified atom stereocenters. The number of thiocarbonyl (C=S) groups is 1. The van der Waals surface area contributed by atoms with Gasteiger partial charge in [-0.25, -0.2) is 0 Å². The normalized spacial score (nSPS) is 10.6. The van der Waals surface area contributed by atoms with Crippen LogP contribution >= 0.6 is 12.2 Å². The van der Waals surface area contributed by atoms with Crippen LogP contribution in [0.1, 0.15) is 13.8 Å². The van der Waals surface area contributed by atoms with E-state index in [2.05, 4.69) is 10.6 Å². The average molecular weight is 288 g/mol. The van der Waals surface area contributed by atoms with Crippen molar-refractivity contribution in [3.8, 4) is 5.75 Å². The third-order valence-corrected chi connectivity index (χ3v) is 3.11. The van der Waals surface area contributed by atoms with Crippen molar-refractivity contribution in [3.05, 3.63) is 36.4 Å². The lowest BCUT2D eigenvalue weighted by Gasteiger charge is -2.13. The van der Waals surface area contributed by atoms with Gasteiger partial charge in [-0.05, 0) is 24.4 Å². The van der Waals surface area contributed by atoms with Crippen LogP contribution in [-0.2, 0) is 4.79 Å². The second-order valence-electron chi connectivity index (χ2n) is 4.78. The molecular formula is C15H16N2O2S. The van der Waals surface area contributed by atoms with Crippen molar-refractivity contribution in [2.24, 2.45) is 5.92 Å². The first kappa shape index (κ1) is 14.3. The van der Waals surface area contributed by atoms with Crippen LogP contribution in [0.25, 0.3) is 10.8 Å². The third kappa shape index (κ3) is 3.05. The zero-order valence-corrected chi connectivity index (χ0v) is 12.1. The summed E-state index contributed by atoms with van der Waals surface area (Å²) in [5.74, 6) is -0.0554. The molecule has 0 radical (unpaired) electrons. The van der Waals surface area contributed by atoms with Gasteiger partial charge in [-0.1, -0.05) is 38.1 Å². The maximum absolute atomic E-state index is 11.6. The summed E-state index contributed by atoms with van der Waals surface area (Å²) < 4.78 is 0. The van der Waals surface area contributed by atoms with Crippen LogP contribution in [0.2, 0.25) is 0 Å². The number of anilines is 1. The second kappa shape index (κ2) is 5.88. The molecule has 0 aliphatic carbocycles. The lowest BCUT2D eigenvalue weighted by molar-refractivity contribution is -0.122. The highest BCUT2D eigenvalue weighted by Crippen LogP contribution is 2.29. The molecule has 5 heteroatoms. The van der Waals surface area contributed by atoms with E-state index in [1.165, 1.54) is 0 Å². The van der Waals surface area contributed by atoms with Gasteiger partial charge < -0.3 is 15.7 Å². The average Bonchev–Trinajstić information content (AvgIpc) is 2.39. The summed E-state index contributed by atoms with van der Waals surface area (Å²) in [7, 11) is 0. The van der Waals surface area contributed by atoms with Crippen molar-refractivity contribution < 1.29 is 9.90 Å². The van der Waals surface area contributed by atoms with Crippen LogP contribution < -0.4 is 10.6 Å². The molecule has 0 aliphatic rings. The van der Waals surface area contributed by atoms with Crippen LogP contribution in [-0.4, -0.2) is 16.1 Å². The predicted molar refractivity (Wildman–Crippen MR) is 84.8 cm³/mol. The van der Waals surface area contributed by atoms with Crippen molar-refractivity contribution >= 4 is 39.7 Å². The molecule has 1 amide bonds. The summed E-state index contributed by atoms with van der Waals surface area (Å²) in [6.07, 6.45) is 0. The maximum atomic E-state index is 11.6. The van der Waals surface area contributed by atoms with E-state index >= 15 is 0 Å². The Morgan fingerprint density at radius 1 is 1.15 bits per heavy atom. The third-order valence-electron chi connectivity index (χ3n) is 2.91. The summed E-state index contributed by atoms with van der Waals surface area (Å²) in [5, 5.41) is 17.3. The zero-order valence-electron chi connectivity index (χ0n) is 11.3. The van der Waals surface area contributed by atoms with Gasteiger partial charge in [0, 0.05) is 22.4 Å². The lowest BCUT2D eigenvalue weighted by atomic mass is 10.1. The number of amides is 1. The molecule has 0 spiro atoms. The molecule has 2 rings (SSSR count). The molecule has 0 aromatic heterocycles. The van der Waals surface area contributed by atoms with Crippen LogP contribution in [0.4, 0.5) is 5.69 Å². The summed E-state index contributed by atoms with van der Waals surface area (Å²) in [6.45, 7) is 3.60. The smallest absolute Gasteiger partial charge is 0.228 e. The number of phenolic OH excluding ortho intramolecular Hbond substituents is 1. The van der Waals surface area contributed by atoms with Crippen molar-refractivity contribution in [2.45, 2.75) is 13.8 Å². The number of fused-ring (bicyclic) bond motifs is 1. The Balaban J connectivity index is 2.24. The minimum Gasteiger partial charge on any atom is -0.507 e. The van der Waals surface area contributed by atoms with Gasteiger partial charge in [0.2, 0.25) is 5.91 Å². The first-order valence-electron chi connectivity index (χ1n) is 6.31. The quantitative estimate of drug-likeness (QED) is 0.743. The Kier molecular flexibility index (Phi) is 4.20. The van der Waals surface area contributed by atoms with E-state index in [0.717, 1.165) is 16.5 Å². The van der Waals surface area contributed by atoms with E-state index < -0.39 is 0 Å². The van der Waals surface area contributed by atoms with Gasteiger partial charge in [-0.3, -0.25) is 4.79 Å². The Hall–Kier alpha value is -2.14. The second-order valence-corrected chi connectivity index (χ2v) is 5.18. The zero-order chi connectivity index (χ0) is 14.7. The van der Waals surface area contributed by atoms with Gasteiger partial charge in [0.15, 0.2) is 5.11 Å². The number of nitrogens with one attached hydrogen (secondary N) is 2. The van der Waals surface area contributed by atoms with Gasteiger partial charge in [-0.15, -0.1) is 0 Å². The lowest BCUT2D eigenvalue weighted by Crippen LogP contribution is -2.36. The maximum Gasteiger partial charge on any atom is 0.228 e. The molecule has 20 heavy (non-hydrogen) atoms. The summed E-state index contributed by atoms with van der Waals surface area (Å²) >= 11 is 5.12. The SMILES string of the molecule is CC(C)C(=O)NC(=S)Nc1cccc2c(O)cccc12. The minimum atomic E-state index is -0.134. The van der Waals surface area contributed by atoms with Gasteiger partial charge in [-0.2, -0.15) is 0 Å². The Morgan fingerprint density at radius 3 is 2.50 bits per heavy atom. The number of hydrogen-bond acceptors (Lipinski definition) is 3. The molecule has 0 atom stereocenters. The highest BCUT2D eigenvalue weighted by molar-refractivity contribution is 7.80. The van der Waals surface area contributed by atoms with E-state index in [1.807, 2.05) is 24.3 Å². The van der Waals surface area contributed by atoms with E-state index in [0.29, 0.717) is 0 Å². The highest BCUT2D eigenvalue weighted by atomic mass is 32.1. The fourth-order valence-corrected chi connectivity index (χ4v) is 2.02. The minimum absolute atomic E-state index is 0.133. The number of carbonyl (C=O) groups is 1. The van der Waals surface area contributed by atoms with Crippen molar-refractivity contribution in [1.82, 2.24) is 5.32 Å². The van der Waals surface area contributed by atoms with Gasteiger partial charge in [0.05, 0.1) is 0 Å². The topological polar surface area (TPSA) is 61.4 Å². The Morgan fingerprint density at radius 2 is 1.80 bits per heavy atom. The number of rotatable bonds is 2. The van der Waals surface area contributed by atoms with E-state index in [9.17, 15) is 9.90 Å². The van der Waals surface area contributed by atoms with Crippen molar-refractivity contribution in [2.75, 3.05) is 5.32 Å². The molecule has 2 aromatic rings. The first-order valence-corrected chi connectivity index (χ1v) is 6.72. The molecule has 0 bridgehead atoms.